The van der Waals surface area contributed by atoms with Crippen LogP contribution in [0.2, 0.25) is 0 Å². The molecule has 2 aromatic rings. The predicted molar refractivity (Wildman–Crippen MR) is 74.4 cm³/mol. The zero-order chi connectivity index (χ0) is 13.8. The zero-order valence-electron chi connectivity index (χ0n) is 11.4. The summed E-state index contributed by atoms with van der Waals surface area (Å²) >= 11 is 0. The molecule has 2 N–H and O–H groups in total. The Kier molecular flexibility index (Phi) is 4.32. The first kappa shape index (κ1) is 13.7. The molecular weight excluding hydrogens is 241 g/mol. The molecule has 1 aromatic heterocycles. The topological polar surface area (TPSA) is 43.8 Å². The van der Waals surface area contributed by atoms with Crippen molar-refractivity contribution in [2.24, 2.45) is 5.73 Å². The van der Waals surface area contributed by atoms with Gasteiger partial charge in [-0.2, -0.15) is 5.10 Å². The fraction of sp³-hybridized carbons (Fsp3) is 0.400. The molecule has 1 aromatic carbocycles. The van der Waals surface area contributed by atoms with Crippen molar-refractivity contribution in [3.05, 3.63) is 53.1 Å². The SMILES string of the molecule is CCC(N)Cc1cnn(Cc2cc(F)ccc2C)c1. The van der Waals surface area contributed by atoms with Gasteiger partial charge in [0, 0.05) is 12.2 Å². The van der Waals surface area contributed by atoms with Gasteiger partial charge in [0.15, 0.2) is 0 Å². The minimum atomic E-state index is -0.207. The molecule has 0 radical (unpaired) electrons. The number of rotatable bonds is 5. The van der Waals surface area contributed by atoms with Crippen molar-refractivity contribution in [2.45, 2.75) is 39.3 Å². The molecule has 0 amide bonds. The molecule has 1 heterocycles. The van der Waals surface area contributed by atoms with Gasteiger partial charge < -0.3 is 5.73 Å². The Balaban J connectivity index is 2.09. The van der Waals surface area contributed by atoms with Crippen LogP contribution in [0.1, 0.15) is 30.0 Å². The predicted octanol–water partition coefficient (Wildman–Crippen LogP) is 2.66. The first-order valence-corrected chi connectivity index (χ1v) is 6.60. The van der Waals surface area contributed by atoms with Gasteiger partial charge in [-0.25, -0.2) is 4.39 Å². The van der Waals surface area contributed by atoms with Crippen LogP contribution in [0.3, 0.4) is 0 Å². The fourth-order valence-corrected chi connectivity index (χ4v) is 2.03. The van der Waals surface area contributed by atoms with Crippen LogP contribution in [0.15, 0.2) is 30.6 Å². The Labute approximate surface area is 113 Å². The highest BCUT2D eigenvalue weighted by atomic mass is 19.1. The second kappa shape index (κ2) is 5.97. The molecule has 0 saturated heterocycles. The van der Waals surface area contributed by atoms with Crippen molar-refractivity contribution in [2.75, 3.05) is 0 Å². The van der Waals surface area contributed by atoms with E-state index in [1.807, 2.05) is 24.0 Å². The van der Waals surface area contributed by atoms with Crippen molar-refractivity contribution >= 4 is 0 Å². The van der Waals surface area contributed by atoms with Crippen molar-refractivity contribution < 1.29 is 4.39 Å². The van der Waals surface area contributed by atoms with E-state index >= 15 is 0 Å². The van der Waals surface area contributed by atoms with E-state index in [9.17, 15) is 4.39 Å². The van der Waals surface area contributed by atoms with E-state index in [1.165, 1.54) is 6.07 Å². The van der Waals surface area contributed by atoms with Crippen LogP contribution < -0.4 is 5.73 Å². The van der Waals surface area contributed by atoms with Gasteiger partial charge in [-0.3, -0.25) is 4.68 Å². The Morgan fingerprint density at radius 2 is 2.21 bits per heavy atom. The molecule has 102 valence electrons. The molecule has 0 aliphatic rings. The molecule has 0 fully saturated rings. The van der Waals surface area contributed by atoms with Crippen LogP contribution in [0.25, 0.3) is 0 Å². The Bertz CT molecular complexity index is 548. The summed E-state index contributed by atoms with van der Waals surface area (Å²) in [6, 6.07) is 5.01. The van der Waals surface area contributed by atoms with Crippen LogP contribution in [0.5, 0.6) is 0 Å². The molecule has 0 saturated carbocycles. The van der Waals surface area contributed by atoms with Gasteiger partial charge in [0.05, 0.1) is 12.7 Å². The Morgan fingerprint density at radius 3 is 2.95 bits per heavy atom. The van der Waals surface area contributed by atoms with E-state index in [1.54, 1.807) is 12.1 Å². The standard InChI is InChI=1S/C15H20FN3/c1-3-15(17)6-12-8-18-19(9-12)10-13-7-14(16)5-4-11(13)2/h4-5,7-9,15H,3,6,10,17H2,1-2H3. The second-order valence-electron chi connectivity index (χ2n) is 4.99. The van der Waals surface area contributed by atoms with Gasteiger partial charge in [0.1, 0.15) is 5.82 Å². The lowest BCUT2D eigenvalue weighted by Gasteiger charge is -2.07. The molecular formula is C15H20FN3. The molecule has 1 unspecified atom stereocenters. The van der Waals surface area contributed by atoms with Crippen molar-refractivity contribution in [1.82, 2.24) is 9.78 Å². The molecule has 19 heavy (non-hydrogen) atoms. The summed E-state index contributed by atoms with van der Waals surface area (Å²) in [6.45, 7) is 4.64. The summed E-state index contributed by atoms with van der Waals surface area (Å²) in [7, 11) is 0. The van der Waals surface area contributed by atoms with Gasteiger partial charge in [-0.15, -0.1) is 0 Å². The highest BCUT2D eigenvalue weighted by molar-refractivity contribution is 5.26. The van der Waals surface area contributed by atoms with E-state index in [4.69, 9.17) is 5.73 Å². The molecule has 1 atom stereocenters. The maximum Gasteiger partial charge on any atom is 0.123 e. The number of nitrogens with two attached hydrogens (primary N) is 1. The van der Waals surface area contributed by atoms with Gasteiger partial charge in [0.25, 0.3) is 0 Å². The smallest absolute Gasteiger partial charge is 0.123 e. The van der Waals surface area contributed by atoms with Crippen LogP contribution >= 0.6 is 0 Å². The summed E-state index contributed by atoms with van der Waals surface area (Å²) in [5.41, 5.74) is 9.08. The lowest BCUT2D eigenvalue weighted by atomic mass is 10.1. The Morgan fingerprint density at radius 1 is 1.42 bits per heavy atom. The number of benzene rings is 1. The van der Waals surface area contributed by atoms with Crippen LogP contribution in [0, 0.1) is 12.7 Å². The minimum absolute atomic E-state index is 0.175. The first-order chi connectivity index (χ1) is 9.08. The van der Waals surface area contributed by atoms with E-state index < -0.39 is 0 Å². The fourth-order valence-electron chi connectivity index (χ4n) is 2.03. The van der Waals surface area contributed by atoms with E-state index in [0.717, 1.165) is 29.5 Å². The van der Waals surface area contributed by atoms with Gasteiger partial charge in [-0.05, 0) is 48.6 Å². The van der Waals surface area contributed by atoms with Crippen molar-refractivity contribution in [3.63, 3.8) is 0 Å². The quantitative estimate of drug-likeness (QED) is 0.899. The van der Waals surface area contributed by atoms with Gasteiger partial charge in [0.2, 0.25) is 0 Å². The van der Waals surface area contributed by atoms with Gasteiger partial charge >= 0.3 is 0 Å². The molecule has 2 rings (SSSR count). The monoisotopic (exact) mass is 261 g/mol. The Hall–Kier alpha value is -1.68. The van der Waals surface area contributed by atoms with Crippen molar-refractivity contribution in [3.8, 4) is 0 Å². The number of aromatic nitrogens is 2. The molecule has 0 bridgehead atoms. The third kappa shape index (κ3) is 3.64. The largest absolute Gasteiger partial charge is 0.327 e. The molecule has 0 aliphatic heterocycles. The summed E-state index contributed by atoms with van der Waals surface area (Å²) < 4.78 is 15.1. The van der Waals surface area contributed by atoms with E-state index in [2.05, 4.69) is 12.0 Å². The van der Waals surface area contributed by atoms with Crippen LogP contribution in [-0.2, 0) is 13.0 Å². The number of aryl methyl sites for hydroxylation is 1. The summed E-state index contributed by atoms with van der Waals surface area (Å²) in [5.74, 6) is -0.207. The first-order valence-electron chi connectivity index (χ1n) is 6.60. The second-order valence-corrected chi connectivity index (χ2v) is 4.99. The number of hydrogen-bond donors (Lipinski definition) is 1. The summed E-state index contributed by atoms with van der Waals surface area (Å²) in [5, 5.41) is 4.31. The zero-order valence-corrected chi connectivity index (χ0v) is 11.4. The minimum Gasteiger partial charge on any atom is -0.327 e. The average Bonchev–Trinajstić information content (AvgIpc) is 2.81. The third-order valence-corrected chi connectivity index (χ3v) is 3.35. The molecule has 3 nitrogen and oxygen atoms in total. The number of nitrogens with zero attached hydrogens (tertiary/aromatic N) is 2. The summed E-state index contributed by atoms with van der Waals surface area (Å²) in [6.07, 6.45) is 5.61. The normalized spacial score (nSPS) is 12.6. The lowest BCUT2D eigenvalue weighted by molar-refractivity contribution is 0.617. The summed E-state index contributed by atoms with van der Waals surface area (Å²) in [4.78, 5) is 0. The van der Waals surface area contributed by atoms with E-state index in [-0.39, 0.29) is 11.9 Å². The number of halogens is 1. The van der Waals surface area contributed by atoms with Crippen molar-refractivity contribution in [1.29, 1.82) is 0 Å². The van der Waals surface area contributed by atoms with Crippen LogP contribution in [-0.4, -0.2) is 15.8 Å². The highest BCUT2D eigenvalue weighted by Gasteiger charge is 2.06. The lowest BCUT2D eigenvalue weighted by Crippen LogP contribution is -2.21. The maximum atomic E-state index is 13.2. The molecule has 0 aliphatic carbocycles. The number of hydrogen-bond acceptors (Lipinski definition) is 2. The third-order valence-electron chi connectivity index (χ3n) is 3.35. The molecule has 0 spiro atoms. The molecule has 4 heteroatoms. The van der Waals surface area contributed by atoms with Gasteiger partial charge in [-0.1, -0.05) is 13.0 Å². The highest BCUT2D eigenvalue weighted by Crippen LogP contribution is 2.12. The maximum absolute atomic E-state index is 13.2. The van der Waals surface area contributed by atoms with Crippen LogP contribution in [0.4, 0.5) is 4.39 Å². The van der Waals surface area contributed by atoms with E-state index in [0.29, 0.717) is 6.54 Å². The average molecular weight is 261 g/mol.